The van der Waals surface area contributed by atoms with E-state index in [0.717, 1.165) is 22.1 Å². The quantitative estimate of drug-likeness (QED) is 0.744. The number of rotatable bonds is 3. The molecule has 1 fully saturated rings. The summed E-state index contributed by atoms with van der Waals surface area (Å²) in [7, 11) is 1.68. The van der Waals surface area contributed by atoms with Gasteiger partial charge >= 0.3 is 0 Å². The van der Waals surface area contributed by atoms with Gasteiger partial charge in [-0.15, -0.1) is 0 Å². The third-order valence-corrected chi connectivity index (χ3v) is 4.96. The first-order chi connectivity index (χ1) is 10.5. The summed E-state index contributed by atoms with van der Waals surface area (Å²) in [6.45, 7) is 6.16. The van der Waals surface area contributed by atoms with Crippen LogP contribution in [0.5, 0.6) is 5.75 Å². The summed E-state index contributed by atoms with van der Waals surface area (Å²) in [6, 6.07) is 12.4. The van der Waals surface area contributed by atoms with Crippen molar-refractivity contribution in [3.05, 3.63) is 42.0 Å². The molecule has 3 atom stereocenters. The highest BCUT2D eigenvalue weighted by atomic mass is 79.9. The Morgan fingerprint density at radius 2 is 1.64 bits per heavy atom. The molecule has 0 bridgehead atoms. The molecule has 118 valence electrons. The highest BCUT2D eigenvalue weighted by molar-refractivity contribution is 9.09. The molecular weight excluding hydrogens is 344 g/mol. The van der Waals surface area contributed by atoms with Gasteiger partial charge in [-0.25, -0.2) is 0 Å². The van der Waals surface area contributed by atoms with E-state index in [1.807, 2.05) is 26.0 Å². The van der Waals surface area contributed by atoms with Crippen molar-refractivity contribution in [1.82, 2.24) is 0 Å². The van der Waals surface area contributed by atoms with Crippen LogP contribution in [-0.4, -0.2) is 24.1 Å². The molecule has 0 N–H and O–H groups in total. The van der Waals surface area contributed by atoms with E-state index in [1.54, 1.807) is 7.11 Å². The van der Waals surface area contributed by atoms with Crippen LogP contribution in [0.15, 0.2) is 36.4 Å². The molecule has 0 saturated carbocycles. The van der Waals surface area contributed by atoms with Gasteiger partial charge in [0.2, 0.25) is 5.79 Å². The van der Waals surface area contributed by atoms with Crippen LogP contribution >= 0.6 is 15.9 Å². The lowest BCUT2D eigenvalue weighted by atomic mass is 9.99. The highest BCUT2D eigenvalue weighted by Gasteiger charge is 2.48. The molecule has 3 rings (SSSR count). The maximum Gasteiger partial charge on any atom is 0.208 e. The Morgan fingerprint density at radius 1 is 1.05 bits per heavy atom. The second-order valence-corrected chi connectivity index (χ2v) is 7.23. The number of alkyl halides is 1. The van der Waals surface area contributed by atoms with Crippen molar-refractivity contribution in [1.29, 1.82) is 0 Å². The molecule has 0 radical (unpaired) electrons. The van der Waals surface area contributed by atoms with Crippen molar-refractivity contribution in [2.24, 2.45) is 0 Å². The lowest BCUT2D eigenvalue weighted by Crippen LogP contribution is -2.36. The standard InChI is InChI=1S/C18H21BrO3/c1-11-12(2)22-18(21-11,13(3)19)16-7-5-15-10-17(20-4)8-6-14(15)9-16/h5-13H,1-4H3/t11-,12-,13?/m1/s1. The molecule has 0 amide bonds. The zero-order valence-corrected chi connectivity index (χ0v) is 14.9. The highest BCUT2D eigenvalue weighted by Crippen LogP contribution is 2.43. The second-order valence-electron chi connectivity index (χ2n) is 5.86. The second kappa shape index (κ2) is 5.84. The Morgan fingerprint density at radius 3 is 2.23 bits per heavy atom. The molecule has 1 heterocycles. The third kappa shape index (κ3) is 2.53. The topological polar surface area (TPSA) is 27.7 Å². The van der Waals surface area contributed by atoms with E-state index < -0.39 is 5.79 Å². The average Bonchev–Trinajstić information content (AvgIpc) is 2.83. The van der Waals surface area contributed by atoms with Gasteiger partial charge in [0.05, 0.1) is 24.1 Å². The molecule has 0 aromatic heterocycles. The van der Waals surface area contributed by atoms with Gasteiger partial charge in [-0.05, 0) is 49.7 Å². The van der Waals surface area contributed by atoms with E-state index in [1.165, 1.54) is 0 Å². The Hall–Kier alpha value is -1.10. The first-order valence-corrected chi connectivity index (χ1v) is 8.46. The first kappa shape index (κ1) is 15.8. The molecule has 0 aliphatic carbocycles. The van der Waals surface area contributed by atoms with E-state index in [9.17, 15) is 0 Å². The van der Waals surface area contributed by atoms with E-state index in [0.29, 0.717) is 0 Å². The number of methoxy groups -OCH3 is 1. The summed E-state index contributed by atoms with van der Waals surface area (Å²) in [5.74, 6) is 0.117. The fraction of sp³-hybridized carbons (Fsp3) is 0.444. The number of halogens is 1. The molecule has 1 aliphatic rings. The average molecular weight is 365 g/mol. The zero-order chi connectivity index (χ0) is 15.9. The molecule has 0 spiro atoms. The Kier molecular flexibility index (Phi) is 4.19. The SMILES string of the molecule is COc1ccc2cc(C3(C(C)Br)O[C@H](C)[C@@H](C)O3)ccc2c1. The lowest BCUT2D eigenvalue weighted by Gasteiger charge is -2.31. The van der Waals surface area contributed by atoms with Crippen molar-refractivity contribution in [2.45, 2.75) is 43.6 Å². The van der Waals surface area contributed by atoms with Crippen molar-refractivity contribution in [3.63, 3.8) is 0 Å². The van der Waals surface area contributed by atoms with Crippen LogP contribution in [0.4, 0.5) is 0 Å². The number of benzene rings is 2. The van der Waals surface area contributed by atoms with Crippen LogP contribution in [0, 0.1) is 0 Å². The minimum Gasteiger partial charge on any atom is -0.497 e. The third-order valence-electron chi connectivity index (χ3n) is 4.36. The number of hydrogen-bond acceptors (Lipinski definition) is 3. The van der Waals surface area contributed by atoms with Crippen molar-refractivity contribution >= 4 is 26.7 Å². The van der Waals surface area contributed by atoms with Gasteiger partial charge in [-0.1, -0.05) is 34.1 Å². The minimum atomic E-state index is -0.743. The van der Waals surface area contributed by atoms with Crippen molar-refractivity contribution in [3.8, 4) is 5.75 Å². The van der Waals surface area contributed by atoms with Gasteiger partial charge in [0, 0.05) is 5.56 Å². The van der Waals surface area contributed by atoms with Crippen LogP contribution in [-0.2, 0) is 15.3 Å². The minimum absolute atomic E-state index is 0.0445. The number of hydrogen-bond donors (Lipinski definition) is 0. The van der Waals surface area contributed by atoms with Crippen LogP contribution in [0.25, 0.3) is 10.8 Å². The normalized spacial score (nSPS) is 25.3. The van der Waals surface area contributed by atoms with E-state index in [4.69, 9.17) is 14.2 Å². The monoisotopic (exact) mass is 364 g/mol. The van der Waals surface area contributed by atoms with Gasteiger partial charge in [-0.3, -0.25) is 0 Å². The van der Waals surface area contributed by atoms with Gasteiger partial charge in [0.15, 0.2) is 0 Å². The summed E-state index contributed by atoms with van der Waals surface area (Å²) in [4.78, 5) is 0.0445. The smallest absolute Gasteiger partial charge is 0.208 e. The van der Waals surface area contributed by atoms with Crippen LogP contribution in [0.1, 0.15) is 26.3 Å². The van der Waals surface area contributed by atoms with Gasteiger partial charge < -0.3 is 14.2 Å². The van der Waals surface area contributed by atoms with E-state index in [2.05, 4.69) is 47.1 Å². The summed E-state index contributed by atoms with van der Waals surface area (Å²) in [5, 5.41) is 2.28. The molecule has 1 aliphatic heterocycles. The predicted molar refractivity (Wildman–Crippen MR) is 91.7 cm³/mol. The Labute approximate surface area is 139 Å². The van der Waals surface area contributed by atoms with Crippen molar-refractivity contribution < 1.29 is 14.2 Å². The van der Waals surface area contributed by atoms with Gasteiger partial charge in [-0.2, -0.15) is 0 Å². The zero-order valence-electron chi connectivity index (χ0n) is 13.3. The van der Waals surface area contributed by atoms with Crippen molar-refractivity contribution in [2.75, 3.05) is 7.11 Å². The van der Waals surface area contributed by atoms with E-state index >= 15 is 0 Å². The molecule has 4 heteroatoms. The Bertz CT molecular complexity index is 673. The number of ether oxygens (including phenoxy) is 3. The largest absolute Gasteiger partial charge is 0.497 e. The van der Waals surface area contributed by atoms with Crippen LogP contribution < -0.4 is 4.74 Å². The molecule has 1 saturated heterocycles. The maximum atomic E-state index is 6.21. The first-order valence-electron chi connectivity index (χ1n) is 7.54. The van der Waals surface area contributed by atoms with Gasteiger partial charge in [0.25, 0.3) is 0 Å². The summed E-state index contributed by atoms with van der Waals surface area (Å²) >= 11 is 3.67. The predicted octanol–water partition coefficient (Wildman–Crippen LogP) is 4.61. The molecule has 2 aromatic rings. The summed E-state index contributed by atoms with van der Waals surface area (Å²) in [5.41, 5.74) is 1.03. The lowest BCUT2D eigenvalue weighted by molar-refractivity contribution is -0.178. The summed E-state index contributed by atoms with van der Waals surface area (Å²) < 4.78 is 17.7. The summed E-state index contributed by atoms with van der Waals surface area (Å²) in [6.07, 6.45) is 0.123. The maximum absolute atomic E-state index is 6.21. The van der Waals surface area contributed by atoms with Gasteiger partial charge in [0.1, 0.15) is 5.75 Å². The number of fused-ring (bicyclic) bond motifs is 1. The molecule has 2 aromatic carbocycles. The molecule has 3 nitrogen and oxygen atoms in total. The van der Waals surface area contributed by atoms with E-state index in [-0.39, 0.29) is 17.0 Å². The Balaban J connectivity index is 2.08. The van der Waals surface area contributed by atoms with Crippen LogP contribution in [0.3, 0.4) is 0 Å². The molecular formula is C18H21BrO3. The fourth-order valence-electron chi connectivity index (χ4n) is 2.89. The van der Waals surface area contributed by atoms with Crippen LogP contribution in [0.2, 0.25) is 0 Å². The molecule has 1 unspecified atom stereocenters. The fourth-order valence-corrected chi connectivity index (χ4v) is 3.37. The molecule has 22 heavy (non-hydrogen) atoms.